The highest BCUT2D eigenvalue weighted by atomic mass is 16.1. The van der Waals surface area contributed by atoms with E-state index in [2.05, 4.69) is 13.8 Å². The van der Waals surface area contributed by atoms with Crippen LogP contribution >= 0.6 is 0 Å². The Kier molecular flexibility index (Phi) is 2.81. The van der Waals surface area contributed by atoms with Crippen LogP contribution in [0.25, 0.3) is 0 Å². The highest BCUT2D eigenvalue weighted by Gasteiger charge is 2.61. The molecule has 2 nitrogen and oxygen atoms in total. The molecule has 4 aliphatic rings. The lowest BCUT2D eigenvalue weighted by molar-refractivity contribution is -0.137. The van der Waals surface area contributed by atoms with E-state index in [4.69, 9.17) is 0 Å². The maximum absolute atomic E-state index is 12.4. The summed E-state index contributed by atoms with van der Waals surface area (Å²) in [7, 11) is 0. The second-order valence-electron chi connectivity index (χ2n) is 8.41. The summed E-state index contributed by atoms with van der Waals surface area (Å²) in [5, 5.41) is 0. The fourth-order valence-electron chi connectivity index (χ4n) is 6.51. The fourth-order valence-corrected chi connectivity index (χ4v) is 6.51. The molecule has 21 heavy (non-hydrogen) atoms. The minimum absolute atomic E-state index is 0.0447. The Morgan fingerprint density at radius 1 is 1.00 bits per heavy atom. The third kappa shape index (κ3) is 1.71. The maximum atomic E-state index is 12.4. The third-order valence-corrected chi connectivity index (χ3v) is 7.65. The van der Waals surface area contributed by atoms with Crippen LogP contribution in [-0.2, 0) is 9.59 Å². The average Bonchev–Trinajstić information content (AvgIpc) is 2.75. The number of carbonyl (C=O) groups excluding carboxylic acids is 2. The molecule has 0 spiro atoms. The molecule has 0 aromatic rings. The molecule has 0 N–H and O–H groups in total. The highest BCUT2D eigenvalue weighted by Crippen LogP contribution is 2.66. The molecule has 0 saturated heterocycles. The van der Waals surface area contributed by atoms with Gasteiger partial charge in [-0.15, -0.1) is 0 Å². The lowest BCUT2D eigenvalue weighted by Crippen LogP contribution is -2.53. The zero-order valence-corrected chi connectivity index (χ0v) is 13.3. The zero-order chi connectivity index (χ0) is 14.8. The molecule has 4 rings (SSSR count). The first-order valence-corrected chi connectivity index (χ1v) is 8.72. The van der Waals surface area contributed by atoms with Crippen LogP contribution in [0.15, 0.2) is 11.6 Å². The minimum Gasteiger partial charge on any atom is -0.299 e. The Bertz CT molecular complexity index is 546. The van der Waals surface area contributed by atoms with Crippen molar-refractivity contribution in [3.63, 3.8) is 0 Å². The second-order valence-corrected chi connectivity index (χ2v) is 8.41. The van der Waals surface area contributed by atoms with Crippen LogP contribution in [0.1, 0.15) is 65.2 Å². The van der Waals surface area contributed by atoms with Gasteiger partial charge in [0, 0.05) is 18.3 Å². The second kappa shape index (κ2) is 4.30. The van der Waals surface area contributed by atoms with Gasteiger partial charge in [-0.3, -0.25) is 9.59 Å². The summed E-state index contributed by atoms with van der Waals surface area (Å²) >= 11 is 0. The summed E-state index contributed by atoms with van der Waals surface area (Å²) in [5.74, 6) is 2.76. The molecule has 4 aliphatic carbocycles. The molecule has 0 aromatic carbocycles. The van der Waals surface area contributed by atoms with Gasteiger partial charge in [0.25, 0.3) is 0 Å². The van der Waals surface area contributed by atoms with Gasteiger partial charge in [0.05, 0.1) is 0 Å². The Balaban J connectivity index is 1.72. The number of hydrogen-bond donors (Lipinski definition) is 0. The predicted molar refractivity (Wildman–Crippen MR) is 81.7 cm³/mol. The first-order chi connectivity index (χ1) is 9.95. The summed E-state index contributed by atoms with van der Waals surface area (Å²) in [6.07, 6.45) is 10.2. The molecule has 3 saturated carbocycles. The standard InChI is InChI=1S/C19H26O2/c1-18-9-7-12-11-13(20)3-4-14(12)15(18)8-10-19(2)16(18)5-6-17(19)21/h11,14-16H,3-10H2,1-2H3/t14-,15+,16-,18+,19-/m0/s1. The van der Waals surface area contributed by atoms with Gasteiger partial charge in [-0.25, -0.2) is 0 Å². The number of carbonyl (C=O) groups is 2. The molecular formula is C19H26O2. The van der Waals surface area contributed by atoms with Gasteiger partial charge in [0.15, 0.2) is 5.78 Å². The maximum Gasteiger partial charge on any atom is 0.155 e. The quantitative estimate of drug-likeness (QED) is 0.672. The lowest BCUT2D eigenvalue weighted by atomic mass is 9.45. The Labute approximate surface area is 127 Å². The van der Waals surface area contributed by atoms with E-state index >= 15 is 0 Å². The number of rotatable bonds is 0. The van der Waals surface area contributed by atoms with Crippen molar-refractivity contribution in [1.29, 1.82) is 0 Å². The highest BCUT2D eigenvalue weighted by molar-refractivity contribution is 5.91. The molecular weight excluding hydrogens is 260 g/mol. The van der Waals surface area contributed by atoms with E-state index in [1.165, 1.54) is 18.4 Å². The number of ketones is 2. The Hall–Kier alpha value is -0.920. The molecule has 0 heterocycles. The fraction of sp³-hybridized carbons (Fsp3) is 0.789. The van der Waals surface area contributed by atoms with E-state index in [1.54, 1.807) is 0 Å². The largest absolute Gasteiger partial charge is 0.299 e. The summed E-state index contributed by atoms with van der Waals surface area (Å²) in [4.78, 5) is 24.1. The van der Waals surface area contributed by atoms with Crippen molar-refractivity contribution < 1.29 is 9.59 Å². The molecule has 0 amide bonds. The van der Waals surface area contributed by atoms with Crippen LogP contribution in [-0.4, -0.2) is 11.6 Å². The minimum atomic E-state index is -0.0447. The SMILES string of the molecule is C[C@@]12CCC3=CC(=O)CC[C@@H]3[C@H]1CC[C@]1(C)C(=O)CC[C@@H]21. The van der Waals surface area contributed by atoms with E-state index in [-0.39, 0.29) is 5.41 Å². The first kappa shape index (κ1) is 13.7. The third-order valence-electron chi connectivity index (χ3n) is 7.65. The van der Waals surface area contributed by atoms with Crippen LogP contribution in [0.2, 0.25) is 0 Å². The van der Waals surface area contributed by atoms with E-state index < -0.39 is 0 Å². The molecule has 0 aliphatic heterocycles. The van der Waals surface area contributed by atoms with Crippen molar-refractivity contribution in [1.82, 2.24) is 0 Å². The van der Waals surface area contributed by atoms with E-state index in [0.29, 0.717) is 34.7 Å². The van der Waals surface area contributed by atoms with Crippen molar-refractivity contribution in [3.05, 3.63) is 11.6 Å². The average molecular weight is 286 g/mol. The lowest BCUT2D eigenvalue weighted by Gasteiger charge is -2.58. The van der Waals surface area contributed by atoms with Crippen molar-refractivity contribution in [2.75, 3.05) is 0 Å². The summed E-state index contributed by atoms with van der Waals surface area (Å²) in [6.45, 7) is 4.70. The van der Waals surface area contributed by atoms with Gasteiger partial charge in [-0.2, -0.15) is 0 Å². The topological polar surface area (TPSA) is 34.1 Å². The molecule has 3 fully saturated rings. The summed E-state index contributed by atoms with van der Waals surface area (Å²) in [5.41, 5.74) is 1.71. The molecule has 0 bridgehead atoms. The van der Waals surface area contributed by atoms with Crippen LogP contribution in [0.4, 0.5) is 0 Å². The van der Waals surface area contributed by atoms with E-state index in [0.717, 1.165) is 38.5 Å². The molecule has 0 aromatic heterocycles. The molecule has 2 heteroatoms. The Morgan fingerprint density at radius 3 is 2.62 bits per heavy atom. The van der Waals surface area contributed by atoms with Gasteiger partial charge in [-0.05, 0) is 67.8 Å². The number of hydrogen-bond acceptors (Lipinski definition) is 2. The van der Waals surface area contributed by atoms with Crippen LogP contribution in [0.3, 0.4) is 0 Å². The molecule has 0 radical (unpaired) electrons. The van der Waals surface area contributed by atoms with Crippen LogP contribution in [0.5, 0.6) is 0 Å². The number of Topliss-reactive ketones (excluding diaryl/α,β-unsaturated/α-hetero) is 1. The van der Waals surface area contributed by atoms with Gasteiger partial charge < -0.3 is 0 Å². The summed E-state index contributed by atoms with van der Waals surface area (Å²) in [6, 6.07) is 0. The normalized spacial score (nSPS) is 49.2. The van der Waals surface area contributed by atoms with E-state index in [9.17, 15) is 9.59 Å². The molecule has 114 valence electrons. The van der Waals surface area contributed by atoms with Crippen molar-refractivity contribution in [3.8, 4) is 0 Å². The zero-order valence-electron chi connectivity index (χ0n) is 13.3. The molecule has 0 unspecified atom stereocenters. The van der Waals surface area contributed by atoms with Crippen molar-refractivity contribution >= 4 is 11.6 Å². The van der Waals surface area contributed by atoms with Gasteiger partial charge in [0.1, 0.15) is 5.78 Å². The van der Waals surface area contributed by atoms with Crippen LogP contribution in [0, 0.1) is 28.6 Å². The van der Waals surface area contributed by atoms with Crippen molar-refractivity contribution in [2.45, 2.75) is 65.2 Å². The number of allylic oxidation sites excluding steroid dienone is 1. The van der Waals surface area contributed by atoms with E-state index in [1.807, 2.05) is 6.08 Å². The van der Waals surface area contributed by atoms with Gasteiger partial charge >= 0.3 is 0 Å². The van der Waals surface area contributed by atoms with Crippen LogP contribution < -0.4 is 0 Å². The monoisotopic (exact) mass is 286 g/mol. The predicted octanol–water partition coefficient (Wildman–Crippen LogP) is 4.09. The smallest absolute Gasteiger partial charge is 0.155 e. The summed E-state index contributed by atoms with van der Waals surface area (Å²) < 4.78 is 0. The number of fused-ring (bicyclic) bond motifs is 5. The van der Waals surface area contributed by atoms with Gasteiger partial charge in [-0.1, -0.05) is 19.4 Å². The molecule has 5 atom stereocenters. The van der Waals surface area contributed by atoms with Crippen molar-refractivity contribution in [2.24, 2.45) is 28.6 Å². The van der Waals surface area contributed by atoms with Gasteiger partial charge in [0.2, 0.25) is 0 Å². The first-order valence-electron chi connectivity index (χ1n) is 8.72. The Morgan fingerprint density at radius 2 is 1.81 bits per heavy atom.